The van der Waals surface area contributed by atoms with Crippen LogP contribution in [-0.4, -0.2) is 13.3 Å². The maximum Gasteiger partial charge on any atom is 0.427 e. The number of H-pyrrole nitrogens is 1. The van der Waals surface area contributed by atoms with E-state index in [4.69, 9.17) is 4.52 Å². The van der Waals surface area contributed by atoms with E-state index in [-0.39, 0.29) is 10.7 Å². The molecule has 0 spiro atoms. The lowest BCUT2D eigenvalue weighted by Gasteiger charge is -2.36. The van der Waals surface area contributed by atoms with E-state index in [1.54, 1.807) is 4.68 Å². The lowest BCUT2D eigenvalue weighted by Crippen LogP contribution is -2.54. The minimum absolute atomic E-state index is 0.230. The van der Waals surface area contributed by atoms with Crippen molar-refractivity contribution in [1.82, 2.24) is 5.27 Å². The number of nitrogens with zero attached hydrogens (tertiary/aromatic N) is 1. The Morgan fingerprint density at radius 2 is 1.84 bits per heavy atom. The highest BCUT2D eigenvalue weighted by atomic mass is 28.3. The maximum absolute atomic E-state index is 11.2. The fraction of sp³-hybridized carbons (Fsp3) is 0.429. The predicted octanol–water partition coefficient (Wildman–Crippen LogP) is 1.96. The first-order chi connectivity index (χ1) is 8.73. The van der Waals surface area contributed by atoms with Gasteiger partial charge in [0.2, 0.25) is 5.69 Å². The molecule has 4 nitrogen and oxygen atoms in total. The Kier molecular flexibility index (Phi) is 3.26. The molecule has 0 radical (unpaired) electrons. The summed E-state index contributed by atoms with van der Waals surface area (Å²) in [5, 5.41) is 4.18. The van der Waals surface area contributed by atoms with Crippen molar-refractivity contribution in [3.05, 3.63) is 40.9 Å². The van der Waals surface area contributed by atoms with E-state index >= 15 is 0 Å². The summed E-state index contributed by atoms with van der Waals surface area (Å²) in [5.41, 5.74) is 0.630. The molecule has 0 fully saturated rings. The average Bonchev–Trinajstić information content (AvgIpc) is 2.74. The Balaban J connectivity index is 2.63. The van der Waals surface area contributed by atoms with Crippen LogP contribution < -0.4 is 15.5 Å². The quantitative estimate of drug-likeness (QED) is 0.674. The maximum atomic E-state index is 11.2. The van der Waals surface area contributed by atoms with Crippen LogP contribution in [0.15, 0.2) is 39.8 Å². The summed E-state index contributed by atoms with van der Waals surface area (Å²) < 4.78 is 6.43. The first-order valence-corrected chi connectivity index (χ1v) is 9.43. The number of benzene rings is 1. The van der Waals surface area contributed by atoms with E-state index in [9.17, 15) is 4.79 Å². The van der Waals surface area contributed by atoms with E-state index in [2.05, 4.69) is 51.3 Å². The first kappa shape index (κ1) is 13.8. The van der Waals surface area contributed by atoms with Gasteiger partial charge < -0.3 is 0 Å². The van der Waals surface area contributed by atoms with Gasteiger partial charge in [0.15, 0.2) is 0 Å². The summed E-state index contributed by atoms with van der Waals surface area (Å²) in [6.45, 7) is 11.5. The van der Waals surface area contributed by atoms with Crippen LogP contribution in [0.3, 0.4) is 0 Å². The molecule has 0 unspecified atom stereocenters. The van der Waals surface area contributed by atoms with Crippen molar-refractivity contribution < 1.29 is 9.20 Å². The van der Waals surface area contributed by atoms with E-state index in [0.29, 0.717) is 0 Å². The molecule has 0 bridgehead atoms. The van der Waals surface area contributed by atoms with Crippen molar-refractivity contribution in [1.29, 1.82) is 0 Å². The summed E-state index contributed by atoms with van der Waals surface area (Å²) in [6, 6.07) is 8.20. The second-order valence-electron chi connectivity index (χ2n) is 6.40. The molecule has 2 aromatic rings. The predicted molar refractivity (Wildman–Crippen MR) is 77.7 cm³/mol. The number of aromatic amines is 1. The van der Waals surface area contributed by atoms with Crippen LogP contribution in [0.5, 0.6) is 0 Å². The van der Waals surface area contributed by atoms with Gasteiger partial charge in [-0.2, -0.15) is 0 Å². The fourth-order valence-corrected chi connectivity index (χ4v) is 4.15. The largest absolute Gasteiger partial charge is 0.427 e. The van der Waals surface area contributed by atoms with Crippen LogP contribution in [0.2, 0.25) is 18.1 Å². The minimum atomic E-state index is -1.68. The molecule has 1 aromatic heterocycles. The number of nitrogens with one attached hydrogen (secondary N) is 1. The van der Waals surface area contributed by atoms with Crippen molar-refractivity contribution in [2.45, 2.75) is 38.9 Å². The smallest absolute Gasteiger partial charge is 0.283 e. The fourth-order valence-electron chi connectivity index (χ4n) is 1.99. The Labute approximate surface area is 114 Å². The van der Waals surface area contributed by atoms with Gasteiger partial charge in [-0.1, -0.05) is 52.1 Å². The minimum Gasteiger partial charge on any atom is -0.283 e. The number of hydrogen-bond donors (Lipinski definition) is 1. The van der Waals surface area contributed by atoms with Crippen LogP contribution in [0.4, 0.5) is 0 Å². The number of hydrogen-bond acceptors (Lipinski definition) is 2. The monoisotopic (exact) mass is 277 g/mol. The third kappa shape index (κ3) is 2.42. The zero-order valence-electron chi connectivity index (χ0n) is 12.2. The molecule has 0 aliphatic heterocycles. The molecular formula is C14H21N2O2Si+. The van der Waals surface area contributed by atoms with Crippen molar-refractivity contribution in [2.75, 3.05) is 0 Å². The molecule has 1 aromatic carbocycles. The van der Waals surface area contributed by atoms with Crippen molar-refractivity contribution in [3.63, 3.8) is 0 Å². The van der Waals surface area contributed by atoms with Gasteiger partial charge in [-0.25, -0.2) is 4.79 Å². The van der Waals surface area contributed by atoms with Gasteiger partial charge in [-0.3, -0.25) is 4.52 Å². The van der Waals surface area contributed by atoms with Gasteiger partial charge in [0.05, 0.1) is 8.07 Å². The van der Waals surface area contributed by atoms with Crippen LogP contribution in [-0.2, 0) is 0 Å². The summed E-state index contributed by atoms with van der Waals surface area (Å²) in [7, 11) is -1.68. The highest BCUT2D eigenvalue weighted by molar-refractivity contribution is 6.92. The zero-order chi connectivity index (χ0) is 14.3. The van der Waals surface area contributed by atoms with Gasteiger partial charge >= 0.3 is 5.63 Å². The van der Waals surface area contributed by atoms with Crippen LogP contribution in [0.25, 0.3) is 5.69 Å². The second-order valence-corrected chi connectivity index (χ2v) is 11.7. The SMILES string of the molecule is CC(C)(C)[Si](C)(C)c1ccccc1-[n+]1cc(=O)o[nH]1. The second kappa shape index (κ2) is 4.49. The summed E-state index contributed by atoms with van der Waals surface area (Å²) in [5.74, 6) is 0. The van der Waals surface area contributed by atoms with Gasteiger partial charge in [-0.15, -0.1) is 0 Å². The molecule has 1 heterocycles. The Morgan fingerprint density at radius 1 is 1.21 bits per heavy atom. The summed E-state index contributed by atoms with van der Waals surface area (Å²) >= 11 is 0. The summed E-state index contributed by atoms with van der Waals surface area (Å²) in [6.07, 6.45) is 1.44. The van der Waals surface area contributed by atoms with Gasteiger partial charge in [0.25, 0.3) is 6.20 Å². The molecule has 0 amide bonds. The van der Waals surface area contributed by atoms with Crippen LogP contribution in [0.1, 0.15) is 20.8 Å². The molecule has 1 N–H and O–H groups in total. The number of aromatic nitrogens is 2. The van der Waals surface area contributed by atoms with Crippen molar-refractivity contribution in [3.8, 4) is 5.69 Å². The third-order valence-corrected chi connectivity index (χ3v) is 9.71. The molecule has 19 heavy (non-hydrogen) atoms. The van der Waals surface area contributed by atoms with E-state index in [1.165, 1.54) is 11.4 Å². The molecule has 102 valence electrons. The lowest BCUT2D eigenvalue weighted by molar-refractivity contribution is -0.669. The zero-order valence-corrected chi connectivity index (χ0v) is 13.2. The standard InChI is InChI=1S/C14H20N2O2Si/c1-14(2,3)19(4,5)12-9-7-6-8-11(12)16-10-13(17)18-15-16/h6-10H,1-5H3/p+1. The van der Waals surface area contributed by atoms with E-state index in [1.807, 2.05) is 12.1 Å². The highest BCUT2D eigenvalue weighted by Crippen LogP contribution is 2.36. The molecule has 0 aliphatic rings. The summed E-state index contributed by atoms with van der Waals surface area (Å²) in [4.78, 5) is 11.2. The molecule has 0 saturated heterocycles. The van der Waals surface area contributed by atoms with Gasteiger partial charge in [-0.05, 0) is 15.0 Å². The van der Waals surface area contributed by atoms with Crippen LogP contribution in [0, 0.1) is 0 Å². The molecule has 0 saturated carbocycles. The normalized spacial score (nSPS) is 12.7. The third-order valence-electron chi connectivity index (χ3n) is 4.19. The highest BCUT2D eigenvalue weighted by Gasteiger charge is 2.40. The number of rotatable bonds is 2. The molecular weight excluding hydrogens is 256 g/mol. The molecule has 5 heteroatoms. The lowest BCUT2D eigenvalue weighted by atomic mass is 10.2. The van der Waals surface area contributed by atoms with Crippen molar-refractivity contribution in [2.24, 2.45) is 0 Å². The van der Waals surface area contributed by atoms with E-state index in [0.717, 1.165) is 5.69 Å². The molecule has 2 rings (SSSR count). The van der Waals surface area contributed by atoms with Gasteiger partial charge in [0, 0.05) is 11.3 Å². The number of para-hydroxylation sites is 1. The first-order valence-electron chi connectivity index (χ1n) is 6.43. The van der Waals surface area contributed by atoms with E-state index < -0.39 is 8.07 Å². The average molecular weight is 277 g/mol. The Bertz CT molecular complexity index is 635. The van der Waals surface area contributed by atoms with Gasteiger partial charge in [0.1, 0.15) is 0 Å². The Hall–Kier alpha value is -1.62. The Morgan fingerprint density at radius 3 is 2.37 bits per heavy atom. The molecule has 0 aliphatic carbocycles. The van der Waals surface area contributed by atoms with Crippen molar-refractivity contribution >= 4 is 13.3 Å². The molecule has 0 atom stereocenters. The van der Waals surface area contributed by atoms with Crippen LogP contribution >= 0.6 is 0 Å². The topological polar surface area (TPSA) is 49.9 Å².